The van der Waals surface area contributed by atoms with E-state index in [1.807, 2.05) is 0 Å². The number of rotatable bonds is 4. The molecule has 0 heterocycles. The summed E-state index contributed by atoms with van der Waals surface area (Å²) >= 11 is 0. The molecule has 21 heavy (non-hydrogen) atoms. The fourth-order valence-electron chi connectivity index (χ4n) is 4.06. The second kappa shape index (κ2) is 6.37. The van der Waals surface area contributed by atoms with E-state index in [0.717, 1.165) is 44.9 Å². The van der Waals surface area contributed by atoms with Gasteiger partial charge in [-0.2, -0.15) is 0 Å². The van der Waals surface area contributed by atoms with Crippen molar-refractivity contribution < 1.29 is 14.7 Å². The van der Waals surface area contributed by atoms with Crippen LogP contribution < -0.4 is 5.32 Å². The first kappa shape index (κ1) is 16.3. The Morgan fingerprint density at radius 1 is 1.05 bits per heavy atom. The molecule has 2 rings (SSSR count). The number of hydrogen-bond acceptors (Lipinski definition) is 2. The molecule has 2 aliphatic rings. The molecule has 0 aromatic rings. The zero-order valence-corrected chi connectivity index (χ0v) is 13.4. The van der Waals surface area contributed by atoms with Gasteiger partial charge in [-0.25, -0.2) is 0 Å². The van der Waals surface area contributed by atoms with Crippen LogP contribution in [0.4, 0.5) is 0 Å². The van der Waals surface area contributed by atoms with Gasteiger partial charge < -0.3 is 10.4 Å². The lowest BCUT2D eigenvalue weighted by Crippen LogP contribution is -2.46. The van der Waals surface area contributed by atoms with Gasteiger partial charge in [-0.3, -0.25) is 9.59 Å². The quantitative estimate of drug-likeness (QED) is 0.782. The molecule has 2 fully saturated rings. The Kier molecular flexibility index (Phi) is 4.95. The molecule has 0 saturated heterocycles. The summed E-state index contributed by atoms with van der Waals surface area (Å²) in [6, 6.07) is 0. The summed E-state index contributed by atoms with van der Waals surface area (Å²) in [5, 5.41) is 12.6. The minimum Gasteiger partial charge on any atom is -0.481 e. The van der Waals surface area contributed by atoms with Gasteiger partial charge in [0.1, 0.15) is 0 Å². The topological polar surface area (TPSA) is 66.4 Å². The molecule has 0 aromatic heterocycles. The Hall–Kier alpha value is -1.06. The summed E-state index contributed by atoms with van der Waals surface area (Å²) in [6.45, 7) is 4.58. The van der Waals surface area contributed by atoms with E-state index >= 15 is 0 Å². The molecule has 1 atom stereocenters. The maximum atomic E-state index is 12.5. The summed E-state index contributed by atoms with van der Waals surface area (Å²) in [5.74, 6) is -0.646. The molecule has 1 amide bonds. The SMILES string of the molecule is CC1(C)CCCC1C(=O)NCC1(C(=O)O)CCCCCC1. The van der Waals surface area contributed by atoms with Gasteiger partial charge in [0.05, 0.1) is 5.41 Å². The molecule has 2 aliphatic carbocycles. The molecular formula is C17H29NO3. The van der Waals surface area contributed by atoms with Crippen LogP contribution in [-0.4, -0.2) is 23.5 Å². The van der Waals surface area contributed by atoms with Crippen molar-refractivity contribution in [3.63, 3.8) is 0 Å². The van der Waals surface area contributed by atoms with Crippen LogP contribution in [0, 0.1) is 16.7 Å². The van der Waals surface area contributed by atoms with E-state index in [1.165, 1.54) is 0 Å². The Balaban J connectivity index is 1.98. The highest BCUT2D eigenvalue weighted by molar-refractivity contribution is 5.81. The molecule has 0 aromatic carbocycles. The summed E-state index contributed by atoms with van der Waals surface area (Å²) < 4.78 is 0. The molecule has 0 bridgehead atoms. The van der Waals surface area contributed by atoms with Crippen LogP contribution in [0.3, 0.4) is 0 Å². The van der Waals surface area contributed by atoms with E-state index in [1.54, 1.807) is 0 Å². The van der Waals surface area contributed by atoms with Crippen LogP contribution in [-0.2, 0) is 9.59 Å². The van der Waals surface area contributed by atoms with Crippen LogP contribution in [0.2, 0.25) is 0 Å². The van der Waals surface area contributed by atoms with Gasteiger partial charge in [0.2, 0.25) is 5.91 Å². The third kappa shape index (κ3) is 3.58. The van der Waals surface area contributed by atoms with Gasteiger partial charge in [0.15, 0.2) is 0 Å². The van der Waals surface area contributed by atoms with Crippen molar-refractivity contribution in [3.8, 4) is 0 Å². The lowest BCUT2D eigenvalue weighted by Gasteiger charge is -2.31. The van der Waals surface area contributed by atoms with E-state index in [2.05, 4.69) is 19.2 Å². The van der Waals surface area contributed by atoms with Gasteiger partial charge >= 0.3 is 5.97 Å². The predicted molar refractivity (Wildman–Crippen MR) is 81.9 cm³/mol. The van der Waals surface area contributed by atoms with E-state index in [-0.39, 0.29) is 17.2 Å². The van der Waals surface area contributed by atoms with Gasteiger partial charge in [-0.1, -0.05) is 46.0 Å². The zero-order chi connectivity index (χ0) is 15.5. The predicted octanol–water partition coefficient (Wildman–Crippen LogP) is 3.35. The number of hydrogen-bond donors (Lipinski definition) is 2. The van der Waals surface area contributed by atoms with E-state index in [9.17, 15) is 14.7 Å². The van der Waals surface area contributed by atoms with Crippen molar-refractivity contribution in [1.29, 1.82) is 0 Å². The van der Waals surface area contributed by atoms with Crippen molar-refractivity contribution in [1.82, 2.24) is 5.32 Å². The molecule has 2 N–H and O–H groups in total. The summed E-state index contributed by atoms with van der Waals surface area (Å²) in [7, 11) is 0. The maximum Gasteiger partial charge on any atom is 0.311 e. The minimum atomic E-state index is -0.741. The van der Waals surface area contributed by atoms with Crippen molar-refractivity contribution in [2.24, 2.45) is 16.7 Å². The van der Waals surface area contributed by atoms with Gasteiger partial charge in [-0.15, -0.1) is 0 Å². The summed E-state index contributed by atoms with van der Waals surface area (Å²) in [6.07, 6.45) is 8.61. The Morgan fingerprint density at radius 3 is 2.14 bits per heavy atom. The fraction of sp³-hybridized carbons (Fsp3) is 0.882. The van der Waals surface area contributed by atoms with Crippen LogP contribution in [0.1, 0.15) is 71.6 Å². The smallest absolute Gasteiger partial charge is 0.311 e. The lowest BCUT2D eigenvalue weighted by molar-refractivity contribution is -0.150. The van der Waals surface area contributed by atoms with Crippen LogP contribution >= 0.6 is 0 Å². The average Bonchev–Trinajstić information content (AvgIpc) is 2.64. The van der Waals surface area contributed by atoms with Gasteiger partial charge in [0.25, 0.3) is 0 Å². The second-order valence-corrected chi connectivity index (χ2v) is 7.65. The van der Waals surface area contributed by atoms with E-state index in [4.69, 9.17) is 0 Å². The number of carboxylic acid groups (broad SMARTS) is 1. The molecule has 0 radical (unpaired) electrons. The van der Waals surface area contributed by atoms with Crippen molar-refractivity contribution in [2.45, 2.75) is 71.6 Å². The van der Waals surface area contributed by atoms with Crippen molar-refractivity contribution in [2.75, 3.05) is 6.54 Å². The highest BCUT2D eigenvalue weighted by Crippen LogP contribution is 2.43. The first-order valence-electron chi connectivity index (χ1n) is 8.39. The molecule has 0 spiro atoms. The zero-order valence-electron chi connectivity index (χ0n) is 13.4. The second-order valence-electron chi connectivity index (χ2n) is 7.65. The van der Waals surface area contributed by atoms with Crippen molar-refractivity contribution >= 4 is 11.9 Å². The molecule has 120 valence electrons. The highest BCUT2D eigenvalue weighted by Gasteiger charge is 2.42. The number of aliphatic carboxylic acids is 1. The minimum absolute atomic E-state index is 0.0362. The molecule has 2 saturated carbocycles. The molecular weight excluding hydrogens is 266 g/mol. The number of carbonyl (C=O) groups excluding carboxylic acids is 1. The third-order valence-corrected chi connectivity index (χ3v) is 5.69. The lowest BCUT2D eigenvalue weighted by atomic mass is 9.79. The molecule has 4 nitrogen and oxygen atoms in total. The molecule has 4 heteroatoms. The normalized spacial score (nSPS) is 27.8. The van der Waals surface area contributed by atoms with Crippen LogP contribution in [0.5, 0.6) is 0 Å². The van der Waals surface area contributed by atoms with Crippen LogP contribution in [0.15, 0.2) is 0 Å². The molecule has 1 unspecified atom stereocenters. The standard InChI is InChI=1S/C17H29NO3/c1-16(2)9-7-8-13(16)14(19)18-12-17(15(20)21)10-5-3-4-6-11-17/h13H,3-12H2,1-2H3,(H,18,19)(H,20,21). The van der Waals surface area contributed by atoms with Crippen molar-refractivity contribution in [3.05, 3.63) is 0 Å². The first-order chi connectivity index (χ1) is 9.87. The van der Waals surface area contributed by atoms with Gasteiger partial charge in [0, 0.05) is 12.5 Å². The fourth-order valence-corrected chi connectivity index (χ4v) is 4.06. The number of carboxylic acids is 1. The average molecular weight is 295 g/mol. The number of carbonyl (C=O) groups is 2. The largest absolute Gasteiger partial charge is 0.481 e. The first-order valence-corrected chi connectivity index (χ1v) is 8.39. The van der Waals surface area contributed by atoms with E-state index in [0.29, 0.717) is 19.4 Å². The Bertz CT molecular complexity index is 395. The van der Waals surface area contributed by atoms with Crippen LogP contribution in [0.25, 0.3) is 0 Å². The Morgan fingerprint density at radius 2 is 1.67 bits per heavy atom. The monoisotopic (exact) mass is 295 g/mol. The van der Waals surface area contributed by atoms with E-state index < -0.39 is 11.4 Å². The van der Waals surface area contributed by atoms with Gasteiger partial charge in [-0.05, 0) is 31.1 Å². The Labute approximate surface area is 127 Å². The summed E-state index contributed by atoms with van der Waals surface area (Å²) in [4.78, 5) is 24.2. The number of amides is 1. The molecule has 0 aliphatic heterocycles. The summed E-state index contributed by atoms with van der Waals surface area (Å²) in [5.41, 5.74) is -0.696. The number of nitrogens with one attached hydrogen (secondary N) is 1. The maximum absolute atomic E-state index is 12.5. The third-order valence-electron chi connectivity index (χ3n) is 5.69. The highest BCUT2D eigenvalue weighted by atomic mass is 16.4.